The smallest absolute Gasteiger partial charge is 0.244 e. The summed E-state index contributed by atoms with van der Waals surface area (Å²) in [6, 6.07) is 13.5. The minimum absolute atomic E-state index is 0.316. The Hall–Kier alpha value is -2.29. The molecule has 0 spiro atoms. The maximum absolute atomic E-state index is 12.7. The zero-order valence-corrected chi connectivity index (χ0v) is 17.1. The molecule has 1 saturated heterocycles. The summed E-state index contributed by atoms with van der Waals surface area (Å²) in [5.74, 6) is -0.316. The lowest BCUT2D eigenvalue weighted by Gasteiger charge is -2.32. The van der Waals surface area contributed by atoms with Crippen LogP contribution >= 0.6 is 11.3 Å². The first-order chi connectivity index (χ1) is 13.4. The van der Waals surface area contributed by atoms with E-state index in [-0.39, 0.29) is 5.91 Å². The van der Waals surface area contributed by atoms with Gasteiger partial charge in [0.25, 0.3) is 0 Å². The van der Waals surface area contributed by atoms with Gasteiger partial charge in [-0.25, -0.2) is 13.4 Å². The highest BCUT2D eigenvalue weighted by Crippen LogP contribution is 2.31. The van der Waals surface area contributed by atoms with Crippen molar-refractivity contribution in [3.05, 3.63) is 47.8 Å². The summed E-state index contributed by atoms with van der Waals surface area (Å²) in [7, 11) is -3.42. The van der Waals surface area contributed by atoms with Gasteiger partial charge >= 0.3 is 0 Å². The van der Waals surface area contributed by atoms with Gasteiger partial charge in [0.15, 0.2) is 5.13 Å². The lowest BCUT2D eigenvalue weighted by molar-refractivity contribution is -0.120. The number of nitrogens with one attached hydrogen (secondary N) is 1. The molecule has 1 aliphatic heterocycles. The van der Waals surface area contributed by atoms with Crippen LogP contribution < -0.4 is 5.32 Å². The molecule has 1 aromatic heterocycles. The van der Waals surface area contributed by atoms with E-state index in [0.29, 0.717) is 18.1 Å². The highest BCUT2D eigenvalue weighted by atomic mass is 32.2. The quantitative estimate of drug-likeness (QED) is 0.704. The Morgan fingerprint density at radius 2 is 1.96 bits per heavy atom. The van der Waals surface area contributed by atoms with Gasteiger partial charge in [-0.05, 0) is 23.6 Å². The van der Waals surface area contributed by atoms with Crippen molar-refractivity contribution < 1.29 is 13.2 Å². The highest BCUT2D eigenvalue weighted by molar-refractivity contribution is 7.88. The van der Waals surface area contributed by atoms with Crippen molar-refractivity contribution in [2.45, 2.75) is 25.3 Å². The molecule has 3 aromatic rings. The second-order valence-electron chi connectivity index (χ2n) is 6.94. The number of piperidine rings is 1. The molecule has 1 amide bonds. The number of anilines is 1. The van der Waals surface area contributed by atoms with Gasteiger partial charge in [-0.15, -0.1) is 11.3 Å². The minimum atomic E-state index is -3.42. The number of hydrogen-bond donors (Lipinski definition) is 1. The third-order valence-corrected chi connectivity index (χ3v) is 7.03. The Kier molecular flexibility index (Phi) is 5.18. The van der Waals surface area contributed by atoms with Gasteiger partial charge in [0, 0.05) is 17.5 Å². The Labute approximate surface area is 168 Å². The number of fused-ring (bicyclic) bond motifs is 1. The Morgan fingerprint density at radius 3 is 2.79 bits per heavy atom. The average molecular weight is 416 g/mol. The van der Waals surface area contributed by atoms with Crippen molar-refractivity contribution >= 4 is 43.2 Å². The average Bonchev–Trinajstić information content (AvgIpc) is 3.15. The molecular formula is C20H21N3O3S2. The fraction of sp³-hybridized carbons (Fsp3) is 0.300. The molecule has 28 heavy (non-hydrogen) atoms. The Bertz CT molecular complexity index is 1120. The molecule has 2 aromatic carbocycles. The fourth-order valence-electron chi connectivity index (χ4n) is 3.66. The first-order valence-corrected chi connectivity index (χ1v) is 11.9. The lowest BCUT2D eigenvalue weighted by Crippen LogP contribution is -2.49. The monoisotopic (exact) mass is 415 g/mol. The third-order valence-electron chi connectivity index (χ3n) is 4.98. The van der Waals surface area contributed by atoms with Crippen LogP contribution in [-0.4, -0.2) is 42.5 Å². The summed E-state index contributed by atoms with van der Waals surface area (Å²) >= 11 is 1.34. The zero-order chi connectivity index (χ0) is 19.7. The first kappa shape index (κ1) is 19.0. The van der Waals surface area contributed by atoms with Crippen molar-refractivity contribution in [2.24, 2.45) is 0 Å². The van der Waals surface area contributed by atoms with Crippen molar-refractivity contribution in [3.8, 4) is 11.3 Å². The second kappa shape index (κ2) is 7.62. The van der Waals surface area contributed by atoms with Gasteiger partial charge in [0.05, 0.1) is 11.9 Å². The van der Waals surface area contributed by atoms with Crippen molar-refractivity contribution in [2.75, 3.05) is 18.1 Å². The zero-order valence-electron chi connectivity index (χ0n) is 15.5. The first-order valence-electron chi connectivity index (χ1n) is 9.15. The van der Waals surface area contributed by atoms with E-state index in [1.54, 1.807) is 0 Å². The third kappa shape index (κ3) is 3.80. The van der Waals surface area contributed by atoms with Crippen LogP contribution in [0.5, 0.6) is 0 Å². The standard InChI is InChI=1S/C20H21N3O3S2/c1-28(25,26)23-12-5-4-11-18(23)19(24)22-20-21-17(13-27-20)16-10-6-8-14-7-2-3-9-15(14)16/h2-3,6-10,13,18H,4-5,11-12H2,1H3,(H,21,22,24). The molecule has 1 atom stereocenters. The molecule has 4 rings (SSSR count). The maximum Gasteiger partial charge on any atom is 0.244 e. The summed E-state index contributed by atoms with van der Waals surface area (Å²) in [6.45, 7) is 0.385. The number of thiazole rings is 1. The van der Waals surface area contributed by atoms with Crippen LogP contribution in [-0.2, 0) is 14.8 Å². The van der Waals surface area contributed by atoms with Crippen molar-refractivity contribution in [1.29, 1.82) is 0 Å². The predicted molar refractivity (Wildman–Crippen MR) is 113 cm³/mol. The van der Waals surface area contributed by atoms with E-state index >= 15 is 0 Å². The lowest BCUT2D eigenvalue weighted by atomic mass is 10.0. The van der Waals surface area contributed by atoms with Crippen LogP contribution in [0.1, 0.15) is 19.3 Å². The van der Waals surface area contributed by atoms with Gasteiger partial charge in [-0.1, -0.05) is 48.9 Å². The molecule has 1 N–H and O–H groups in total. The van der Waals surface area contributed by atoms with E-state index in [4.69, 9.17) is 0 Å². The molecule has 2 heterocycles. The van der Waals surface area contributed by atoms with Gasteiger partial charge < -0.3 is 5.32 Å². The summed E-state index contributed by atoms with van der Waals surface area (Å²) in [5.41, 5.74) is 1.80. The molecule has 0 bridgehead atoms. The van der Waals surface area contributed by atoms with Crippen LogP contribution in [0.2, 0.25) is 0 Å². The minimum Gasteiger partial charge on any atom is -0.301 e. The van der Waals surface area contributed by atoms with E-state index in [1.807, 2.05) is 35.7 Å². The van der Waals surface area contributed by atoms with Crippen LogP contribution in [0.15, 0.2) is 47.8 Å². The molecule has 0 radical (unpaired) electrons. The Balaban J connectivity index is 1.57. The highest BCUT2D eigenvalue weighted by Gasteiger charge is 2.34. The SMILES string of the molecule is CS(=O)(=O)N1CCCCC1C(=O)Nc1nc(-c2cccc3ccccc23)cs1. The molecule has 0 aliphatic carbocycles. The van der Waals surface area contributed by atoms with Crippen LogP contribution in [0.3, 0.4) is 0 Å². The van der Waals surface area contributed by atoms with Gasteiger partial charge in [0.1, 0.15) is 6.04 Å². The van der Waals surface area contributed by atoms with Gasteiger partial charge in [-0.3, -0.25) is 4.79 Å². The van der Waals surface area contributed by atoms with E-state index in [1.165, 1.54) is 15.6 Å². The van der Waals surface area contributed by atoms with Crippen LogP contribution in [0.4, 0.5) is 5.13 Å². The maximum atomic E-state index is 12.7. The number of benzene rings is 2. The van der Waals surface area contributed by atoms with E-state index in [0.717, 1.165) is 41.1 Å². The summed E-state index contributed by atoms with van der Waals surface area (Å²) in [6.07, 6.45) is 3.30. The number of rotatable bonds is 4. The second-order valence-corrected chi connectivity index (χ2v) is 9.73. The van der Waals surface area contributed by atoms with E-state index in [2.05, 4.69) is 22.4 Å². The van der Waals surface area contributed by atoms with Gasteiger partial charge in [0.2, 0.25) is 15.9 Å². The molecule has 0 saturated carbocycles. The van der Waals surface area contributed by atoms with E-state index in [9.17, 15) is 13.2 Å². The molecule has 8 heteroatoms. The number of amides is 1. The topological polar surface area (TPSA) is 79.4 Å². The molecule has 6 nitrogen and oxygen atoms in total. The molecular weight excluding hydrogens is 394 g/mol. The summed E-state index contributed by atoms with van der Waals surface area (Å²) in [5, 5.41) is 7.43. The largest absolute Gasteiger partial charge is 0.301 e. The number of sulfonamides is 1. The fourth-order valence-corrected chi connectivity index (χ4v) is 5.49. The van der Waals surface area contributed by atoms with E-state index < -0.39 is 16.1 Å². The number of aromatic nitrogens is 1. The summed E-state index contributed by atoms with van der Waals surface area (Å²) in [4.78, 5) is 17.3. The van der Waals surface area contributed by atoms with Crippen molar-refractivity contribution in [1.82, 2.24) is 9.29 Å². The summed E-state index contributed by atoms with van der Waals surface area (Å²) < 4.78 is 25.3. The van der Waals surface area contributed by atoms with Crippen molar-refractivity contribution in [3.63, 3.8) is 0 Å². The van der Waals surface area contributed by atoms with Crippen LogP contribution in [0, 0.1) is 0 Å². The molecule has 1 fully saturated rings. The molecule has 146 valence electrons. The van der Waals surface area contributed by atoms with Gasteiger partial charge in [-0.2, -0.15) is 4.31 Å². The Morgan fingerprint density at radius 1 is 1.18 bits per heavy atom. The number of hydrogen-bond acceptors (Lipinski definition) is 5. The normalized spacial score (nSPS) is 18.2. The number of carbonyl (C=O) groups is 1. The molecule has 1 aliphatic rings. The number of carbonyl (C=O) groups excluding carboxylic acids is 1. The molecule has 1 unspecified atom stereocenters. The number of nitrogens with zero attached hydrogens (tertiary/aromatic N) is 2. The predicted octanol–water partition coefficient (Wildman–Crippen LogP) is 3.72. The van der Waals surface area contributed by atoms with Crippen LogP contribution in [0.25, 0.3) is 22.0 Å².